The first-order valence-electron chi connectivity index (χ1n) is 6.65. The molecular formula is C16H19N3O. The lowest BCUT2D eigenvalue weighted by atomic mass is 10.2. The Morgan fingerprint density at radius 1 is 1.35 bits per heavy atom. The highest BCUT2D eigenvalue weighted by atomic mass is 16.5. The summed E-state index contributed by atoms with van der Waals surface area (Å²) >= 11 is 0. The van der Waals surface area contributed by atoms with Gasteiger partial charge in [-0.1, -0.05) is 32.0 Å². The maximum atomic E-state index is 9.21. The number of nitrogens with zero attached hydrogens (tertiary/aromatic N) is 2. The zero-order valence-corrected chi connectivity index (χ0v) is 12.1. The van der Waals surface area contributed by atoms with E-state index < -0.39 is 0 Å². The Labute approximate surface area is 119 Å². The topological polar surface area (TPSA) is 64.0 Å². The second kappa shape index (κ2) is 5.70. The van der Waals surface area contributed by atoms with E-state index in [0.717, 1.165) is 11.3 Å². The molecule has 4 heteroatoms. The normalized spacial score (nSPS) is 10.6. The number of benzene rings is 1. The van der Waals surface area contributed by atoms with Crippen molar-refractivity contribution in [3.8, 4) is 17.7 Å². The molecule has 2 N–H and O–H groups in total. The fourth-order valence-electron chi connectivity index (χ4n) is 2.08. The third kappa shape index (κ3) is 2.77. The van der Waals surface area contributed by atoms with Crippen LogP contribution in [0.4, 0.5) is 5.69 Å². The van der Waals surface area contributed by atoms with Crippen molar-refractivity contribution in [1.82, 2.24) is 4.57 Å². The van der Waals surface area contributed by atoms with Crippen LogP contribution in [0.2, 0.25) is 0 Å². The molecular weight excluding hydrogens is 250 g/mol. The molecule has 0 spiro atoms. The first-order chi connectivity index (χ1) is 9.52. The van der Waals surface area contributed by atoms with Crippen molar-refractivity contribution in [2.45, 2.75) is 27.3 Å². The number of rotatable bonds is 4. The summed E-state index contributed by atoms with van der Waals surface area (Å²) < 4.78 is 7.78. The number of anilines is 1. The van der Waals surface area contributed by atoms with Crippen LogP contribution in [0.5, 0.6) is 11.6 Å². The molecule has 2 rings (SSSR count). The molecule has 0 atom stereocenters. The van der Waals surface area contributed by atoms with Crippen molar-refractivity contribution < 1.29 is 4.74 Å². The molecule has 0 saturated heterocycles. The molecule has 0 bridgehead atoms. The van der Waals surface area contributed by atoms with Crippen LogP contribution in [0, 0.1) is 24.2 Å². The maximum Gasteiger partial charge on any atom is 0.224 e. The SMILES string of the molecule is Cc1ccccc1Oc1c(N)cc(C#N)n1CC(C)C. The molecule has 1 heterocycles. The van der Waals surface area contributed by atoms with Gasteiger partial charge in [-0.3, -0.25) is 0 Å². The predicted octanol–water partition coefficient (Wildman–Crippen LogP) is 3.70. The van der Waals surface area contributed by atoms with Crippen LogP contribution in [-0.4, -0.2) is 4.57 Å². The number of nitrogens with two attached hydrogens (primary N) is 1. The molecule has 0 aliphatic heterocycles. The third-order valence-electron chi connectivity index (χ3n) is 3.04. The molecule has 20 heavy (non-hydrogen) atoms. The molecule has 4 nitrogen and oxygen atoms in total. The van der Waals surface area contributed by atoms with E-state index in [0.29, 0.717) is 29.7 Å². The van der Waals surface area contributed by atoms with Crippen molar-refractivity contribution in [3.05, 3.63) is 41.6 Å². The average Bonchev–Trinajstić information content (AvgIpc) is 2.69. The van der Waals surface area contributed by atoms with Gasteiger partial charge in [0.2, 0.25) is 5.88 Å². The smallest absolute Gasteiger partial charge is 0.224 e. The zero-order chi connectivity index (χ0) is 14.7. The fourth-order valence-corrected chi connectivity index (χ4v) is 2.08. The van der Waals surface area contributed by atoms with Crippen molar-refractivity contribution in [2.75, 3.05) is 5.73 Å². The van der Waals surface area contributed by atoms with Crippen molar-refractivity contribution in [2.24, 2.45) is 5.92 Å². The lowest BCUT2D eigenvalue weighted by Gasteiger charge is -2.15. The molecule has 0 radical (unpaired) electrons. The van der Waals surface area contributed by atoms with Gasteiger partial charge < -0.3 is 15.0 Å². The van der Waals surface area contributed by atoms with Gasteiger partial charge in [0.15, 0.2) is 0 Å². The van der Waals surface area contributed by atoms with Crippen molar-refractivity contribution in [1.29, 1.82) is 5.26 Å². The first kappa shape index (κ1) is 14.0. The minimum Gasteiger partial charge on any atom is -0.438 e. The molecule has 1 aromatic carbocycles. The molecule has 0 aliphatic rings. The quantitative estimate of drug-likeness (QED) is 0.920. The van der Waals surface area contributed by atoms with Crippen LogP contribution in [0.3, 0.4) is 0 Å². The number of hydrogen-bond donors (Lipinski definition) is 1. The third-order valence-corrected chi connectivity index (χ3v) is 3.04. The van der Waals surface area contributed by atoms with E-state index in [1.165, 1.54) is 0 Å². The Morgan fingerprint density at radius 3 is 2.65 bits per heavy atom. The first-order valence-corrected chi connectivity index (χ1v) is 6.65. The van der Waals surface area contributed by atoms with Crippen LogP contribution in [0.25, 0.3) is 0 Å². The Balaban J connectivity index is 2.43. The van der Waals surface area contributed by atoms with Gasteiger partial charge >= 0.3 is 0 Å². The molecule has 0 fully saturated rings. The Bertz CT molecular complexity index is 650. The van der Waals surface area contributed by atoms with Gasteiger partial charge in [0.1, 0.15) is 17.5 Å². The van der Waals surface area contributed by atoms with Crippen LogP contribution in [0.15, 0.2) is 30.3 Å². The van der Waals surface area contributed by atoms with E-state index in [1.54, 1.807) is 6.07 Å². The summed E-state index contributed by atoms with van der Waals surface area (Å²) in [5, 5.41) is 9.21. The predicted molar refractivity (Wildman–Crippen MR) is 79.7 cm³/mol. The molecule has 0 unspecified atom stereocenters. The molecule has 0 aliphatic carbocycles. The van der Waals surface area contributed by atoms with Crippen molar-refractivity contribution in [3.63, 3.8) is 0 Å². The summed E-state index contributed by atoms with van der Waals surface area (Å²) in [6.45, 7) is 6.86. The zero-order valence-electron chi connectivity index (χ0n) is 12.1. The van der Waals surface area contributed by atoms with E-state index in [-0.39, 0.29) is 0 Å². The Kier molecular flexibility index (Phi) is 3.99. The van der Waals surface area contributed by atoms with E-state index in [2.05, 4.69) is 19.9 Å². The van der Waals surface area contributed by atoms with Gasteiger partial charge in [-0.25, -0.2) is 0 Å². The summed E-state index contributed by atoms with van der Waals surface area (Å²) in [5.41, 5.74) is 8.04. The van der Waals surface area contributed by atoms with Gasteiger partial charge in [-0.15, -0.1) is 0 Å². The Hall–Kier alpha value is -2.41. The molecule has 104 valence electrons. The summed E-state index contributed by atoms with van der Waals surface area (Å²) in [4.78, 5) is 0. The number of hydrogen-bond acceptors (Lipinski definition) is 3. The highest BCUT2D eigenvalue weighted by molar-refractivity contribution is 5.56. The van der Waals surface area contributed by atoms with Gasteiger partial charge in [0.05, 0.1) is 5.69 Å². The summed E-state index contributed by atoms with van der Waals surface area (Å²) in [7, 11) is 0. The minimum absolute atomic E-state index is 0.396. The number of ether oxygens (including phenoxy) is 1. The monoisotopic (exact) mass is 269 g/mol. The second-order valence-electron chi connectivity index (χ2n) is 5.27. The summed E-state index contributed by atoms with van der Waals surface area (Å²) in [5.74, 6) is 1.70. The van der Waals surface area contributed by atoms with E-state index in [9.17, 15) is 5.26 Å². The van der Waals surface area contributed by atoms with Gasteiger partial charge in [-0.2, -0.15) is 5.26 Å². The lowest BCUT2D eigenvalue weighted by molar-refractivity contribution is 0.403. The minimum atomic E-state index is 0.396. The van der Waals surface area contributed by atoms with Crippen LogP contribution in [-0.2, 0) is 6.54 Å². The standard InChI is InChI=1S/C16H19N3O/c1-11(2)10-19-13(9-17)8-14(18)16(19)20-15-7-5-4-6-12(15)3/h4-8,11H,10,18H2,1-3H3. The van der Waals surface area contributed by atoms with Crippen LogP contribution < -0.4 is 10.5 Å². The highest BCUT2D eigenvalue weighted by Crippen LogP contribution is 2.33. The number of para-hydroxylation sites is 1. The van der Waals surface area contributed by atoms with Gasteiger partial charge in [0, 0.05) is 12.6 Å². The van der Waals surface area contributed by atoms with Gasteiger partial charge in [0.25, 0.3) is 0 Å². The maximum absolute atomic E-state index is 9.21. The van der Waals surface area contributed by atoms with Crippen LogP contribution in [0.1, 0.15) is 25.1 Å². The molecule has 0 amide bonds. The molecule has 1 aromatic heterocycles. The molecule has 0 saturated carbocycles. The Morgan fingerprint density at radius 2 is 2.05 bits per heavy atom. The van der Waals surface area contributed by atoms with E-state index >= 15 is 0 Å². The van der Waals surface area contributed by atoms with E-state index in [1.807, 2.05) is 35.8 Å². The van der Waals surface area contributed by atoms with Crippen LogP contribution >= 0.6 is 0 Å². The van der Waals surface area contributed by atoms with Gasteiger partial charge in [-0.05, 0) is 24.5 Å². The van der Waals surface area contributed by atoms with Crippen molar-refractivity contribution >= 4 is 5.69 Å². The summed E-state index contributed by atoms with van der Waals surface area (Å²) in [6.07, 6.45) is 0. The number of nitrogen functional groups attached to an aromatic ring is 1. The molecule has 2 aromatic rings. The number of nitriles is 1. The van der Waals surface area contributed by atoms with E-state index in [4.69, 9.17) is 10.5 Å². The second-order valence-corrected chi connectivity index (χ2v) is 5.27. The lowest BCUT2D eigenvalue weighted by Crippen LogP contribution is -2.08. The number of aryl methyl sites for hydroxylation is 1. The highest BCUT2D eigenvalue weighted by Gasteiger charge is 2.16. The summed E-state index contributed by atoms with van der Waals surface area (Å²) in [6, 6.07) is 11.6. The number of aromatic nitrogens is 1. The largest absolute Gasteiger partial charge is 0.438 e. The fraction of sp³-hybridized carbons (Fsp3) is 0.312. The average molecular weight is 269 g/mol.